The molecule has 4 aromatic rings. The van der Waals surface area contributed by atoms with Crippen LogP contribution in [-0.2, 0) is 4.74 Å². The van der Waals surface area contributed by atoms with Gasteiger partial charge in [-0.2, -0.15) is 0 Å². The van der Waals surface area contributed by atoms with Gasteiger partial charge in [-0.25, -0.2) is 13.6 Å². The predicted molar refractivity (Wildman–Crippen MR) is 125 cm³/mol. The maximum absolute atomic E-state index is 15.4. The fraction of sp³-hybridized carbons (Fsp3) is 0.192. The molecule has 34 heavy (non-hydrogen) atoms. The number of benzene rings is 3. The van der Waals surface area contributed by atoms with E-state index in [4.69, 9.17) is 16.3 Å². The van der Waals surface area contributed by atoms with E-state index in [0.29, 0.717) is 48.2 Å². The number of ether oxygens (including phenoxy) is 1. The van der Waals surface area contributed by atoms with Crippen LogP contribution in [0.2, 0.25) is 5.02 Å². The van der Waals surface area contributed by atoms with E-state index in [1.54, 1.807) is 18.2 Å². The summed E-state index contributed by atoms with van der Waals surface area (Å²) in [5, 5.41) is 20.5. The Bertz CT molecular complexity index is 1430. The second kappa shape index (κ2) is 8.74. The van der Waals surface area contributed by atoms with E-state index in [0.717, 1.165) is 11.8 Å². The van der Waals surface area contributed by atoms with Gasteiger partial charge in [0.05, 0.1) is 21.5 Å². The van der Waals surface area contributed by atoms with E-state index in [9.17, 15) is 19.4 Å². The molecular weight excluding hydrogens is 464 g/mol. The van der Waals surface area contributed by atoms with Crippen LogP contribution in [0.5, 0.6) is 5.75 Å². The first-order valence-electron chi connectivity index (χ1n) is 10.8. The molecule has 1 aliphatic heterocycles. The average Bonchev–Trinajstić information content (AvgIpc) is 3.17. The van der Waals surface area contributed by atoms with E-state index in [2.05, 4.69) is 0 Å². The van der Waals surface area contributed by atoms with Crippen molar-refractivity contribution in [2.75, 3.05) is 13.2 Å². The molecule has 2 heterocycles. The number of rotatable bonds is 4. The smallest absolute Gasteiger partial charge is 0.335 e. The van der Waals surface area contributed by atoms with Gasteiger partial charge in [0.2, 0.25) is 0 Å². The molecule has 3 aromatic carbocycles. The third-order valence-corrected chi connectivity index (χ3v) is 6.55. The van der Waals surface area contributed by atoms with Crippen molar-refractivity contribution in [2.24, 2.45) is 0 Å². The van der Waals surface area contributed by atoms with E-state index in [-0.39, 0.29) is 27.8 Å². The summed E-state index contributed by atoms with van der Waals surface area (Å²) in [6.07, 6.45) is 1.32. The zero-order chi connectivity index (χ0) is 24.0. The highest BCUT2D eigenvalue weighted by molar-refractivity contribution is 6.30. The molecule has 174 valence electrons. The zero-order valence-electron chi connectivity index (χ0n) is 17.9. The molecule has 0 amide bonds. The summed E-state index contributed by atoms with van der Waals surface area (Å²) < 4.78 is 36.8. The van der Waals surface area contributed by atoms with E-state index in [1.165, 1.54) is 30.3 Å². The SMILES string of the molecule is O=C(O)c1ccc(-c2c(C3CCOCC3)n(-c3ccc(F)c(Cl)c3)c3cccc(O)c23)c(F)c1. The normalized spacial score (nSPS) is 14.6. The molecule has 0 saturated carbocycles. The molecule has 0 spiro atoms. The fourth-order valence-corrected chi connectivity index (χ4v) is 4.90. The monoisotopic (exact) mass is 483 g/mol. The first kappa shape index (κ1) is 22.4. The number of aromatic hydroxyl groups is 1. The van der Waals surface area contributed by atoms with Gasteiger partial charge in [0.1, 0.15) is 17.4 Å². The lowest BCUT2D eigenvalue weighted by atomic mass is 9.89. The van der Waals surface area contributed by atoms with Crippen molar-refractivity contribution in [1.82, 2.24) is 4.57 Å². The van der Waals surface area contributed by atoms with E-state index in [1.807, 2.05) is 4.57 Å². The zero-order valence-corrected chi connectivity index (χ0v) is 18.6. The van der Waals surface area contributed by atoms with Crippen molar-refractivity contribution < 1.29 is 28.5 Å². The van der Waals surface area contributed by atoms with Crippen molar-refractivity contribution in [1.29, 1.82) is 0 Å². The fourth-order valence-electron chi connectivity index (χ4n) is 4.72. The molecule has 5 nitrogen and oxygen atoms in total. The Morgan fingerprint density at radius 3 is 2.47 bits per heavy atom. The molecule has 1 aliphatic rings. The van der Waals surface area contributed by atoms with Gasteiger partial charge in [0, 0.05) is 41.6 Å². The molecule has 1 fully saturated rings. The Morgan fingerprint density at radius 2 is 1.79 bits per heavy atom. The van der Waals surface area contributed by atoms with Gasteiger partial charge in [0.15, 0.2) is 0 Å². The van der Waals surface area contributed by atoms with Gasteiger partial charge in [-0.05, 0) is 55.3 Å². The van der Waals surface area contributed by atoms with Crippen LogP contribution < -0.4 is 0 Å². The Kier molecular flexibility index (Phi) is 5.75. The molecule has 5 rings (SSSR count). The number of nitrogens with zero attached hydrogens (tertiary/aromatic N) is 1. The summed E-state index contributed by atoms with van der Waals surface area (Å²) in [5.41, 5.74) is 2.36. The van der Waals surface area contributed by atoms with Crippen molar-refractivity contribution in [3.05, 3.63) is 82.5 Å². The molecule has 2 N–H and O–H groups in total. The van der Waals surface area contributed by atoms with E-state index >= 15 is 4.39 Å². The summed E-state index contributed by atoms with van der Waals surface area (Å²) in [6.45, 7) is 1.03. The minimum Gasteiger partial charge on any atom is -0.507 e. The second-order valence-electron chi connectivity index (χ2n) is 8.25. The van der Waals surface area contributed by atoms with Crippen molar-refractivity contribution in [3.63, 3.8) is 0 Å². The first-order chi connectivity index (χ1) is 16.4. The van der Waals surface area contributed by atoms with Crippen LogP contribution in [0.4, 0.5) is 8.78 Å². The van der Waals surface area contributed by atoms with E-state index < -0.39 is 17.6 Å². The topological polar surface area (TPSA) is 71.7 Å². The first-order valence-corrected chi connectivity index (χ1v) is 11.2. The van der Waals surface area contributed by atoms with Gasteiger partial charge in [0.25, 0.3) is 0 Å². The molecule has 8 heteroatoms. The number of hydrogen-bond donors (Lipinski definition) is 2. The van der Waals surface area contributed by atoms with Crippen LogP contribution in [0, 0.1) is 11.6 Å². The van der Waals surface area contributed by atoms with Gasteiger partial charge < -0.3 is 19.5 Å². The number of phenolic OH excluding ortho intramolecular Hbond substituents is 1. The third kappa shape index (κ3) is 3.71. The number of phenols is 1. The molecule has 1 saturated heterocycles. The molecule has 0 unspecified atom stereocenters. The highest BCUT2D eigenvalue weighted by Gasteiger charge is 2.30. The van der Waals surface area contributed by atoms with Crippen LogP contribution in [0.25, 0.3) is 27.7 Å². The lowest BCUT2D eigenvalue weighted by Gasteiger charge is -2.26. The Labute approximate surface area is 198 Å². The number of carboxylic acid groups (broad SMARTS) is 1. The Morgan fingerprint density at radius 1 is 1.03 bits per heavy atom. The molecule has 0 atom stereocenters. The predicted octanol–water partition coefficient (Wildman–Crippen LogP) is 6.53. The second-order valence-corrected chi connectivity index (χ2v) is 8.66. The lowest BCUT2D eigenvalue weighted by Crippen LogP contribution is -2.17. The van der Waals surface area contributed by atoms with Gasteiger partial charge in [-0.3, -0.25) is 0 Å². The van der Waals surface area contributed by atoms with Crippen LogP contribution in [0.3, 0.4) is 0 Å². The number of carbonyl (C=O) groups is 1. The van der Waals surface area contributed by atoms with Gasteiger partial charge >= 0.3 is 5.97 Å². The average molecular weight is 484 g/mol. The minimum absolute atomic E-state index is 0.0468. The van der Waals surface area contributed by atoms with Crippen molar-refractivity contribution >= 4 is 28.5 Å². The highest BCUT2D eigenvalue weighted by Crippen LogP contribution is 2.47. The number of aromatic nitrogens is 1. The number of fused-ring (bicyclic) bond motifs is 1. The quantitative estimate of drug-likeness (QED) is 0.346. The summed E-state index contributed by atoms with van der Waals surface area (Å²) in [4.78, 5) is 11.4. The number of halogens is 3. The van der Waals surface area contributed by atoms with Crippen molar-refractivity contribution in [2.45, 2.75) is 18.8 Å². The summed E-state index contributed by atoms with van der Waals surface area (Å²) >= 11 is 6.11. The van der Waals surface area contributed by atoms with Crippen LogP contribution in [-0.4, -0.2) is 34.0 Å². The summed E-state index contributed by atoms with van der Waals surface area (Å²) in [6, 6.07) is 13.1. The molecule has 0 aliphatic carbocycles. The minimum atomic E-state index is -1.23. The number of aromatic carboxylic acids is 1. The summed E-state index contributed by atoms with van der Waals surface area (Å²) in [5.74, 6) is -2.62. The van der Waals surface area contributed by atoms with Crippen LogP contribution >= 0.6 is 11.6 Å². The molecular formula is C26H20ClF2NO4. The highest BCUT2D eigenvalue weighted by atomic mass is 35.5. The van der Waals surface area contributed by atoms with Gasteiger partial charge in [-0.15, -0.1) is 0 Å². The Balaban J connectivity index is 1.90. The summed E-state index contributed by atoms with van der Waals surface area (Å²) in [7, 11) is 0. The number of carboxylic acids is 1. The Hall–Kier alpha value is -3.42. The van der Waals surface area contributed by atoms with Crippen molar-refractivity contribution in [3.8, 4) is 22.6 Å². The maximum Gasteiger partial charge on any atom is 0.335 e. The maximum atomic E-state index is 15.4. The third-order valence-electron chi connectivity index (χ3n) is 6.26. The standard InChI is InChI=1S/C26H20ClF2NO4/c27-18-13-16(5-7-19(18)28)30-21-2-1-3-22(31)24(21)23(25(30)14-8-10-34-11-9-14)17-6-4-15(26(32)33)12-20(17)29/h1-7,12-14,31H,8-11H2,(H,32,33). The van der Waals surface area contributed by atoms with Gasteiger partial charge in [-0.1, -0.05) is 23.7 Å². The number of hydrogen-bond acceptors (Lipinski definition) is 3. The molecule has 0 radical (unpaired) electrons. The van der Waals surface area contributed by atoms with Crippen LogP contribution in [0.15, 0.2) is 54.6 Å². The largest absolute Gasteiger partial charge is 0.507 e. The molecule has 0 bridgehead atoms. The van der Waals surface area contributed by atoms with Crippen LogP contribution in [0.1, 0.15) is 34.8 Å². The molecule has 1 aromatic heterocycles. The lowest BCUT2D eigenvalue weighted by molar-refractivity contribution is 0.0696.